The summed E-state index contributed by atoms with van der Waals surface area (Å²) < 4.78 is 37.9. The van der Waals surface area contributed by atoms with Gasteiger partial charge in [-0.15, -0.1) is 0 Å². The van der Waals surface area contributed by atoms with Crippen molar-refractivity contribution in [2.45, 2.75) is 17.2 Å². The van der Waals surface area contributed by atoms with Gasteiger partial charge in [-0.1, -0.05) is 40.2 Å². The summed E-state index contributed by atoms with van der Waals surface area (Å²) >= 11 is 4.44. The summed E-state index contributed by atoms with van der Waals surface area (Å²) in [5, 5.41) is 8.74. The van der Waals surface area contributed by atoms with Crippen molar-refractivity contribution in [2.75, 3.05) is 0 Å². The van der Waals surface area contributed by atoms with E-state index in [0.717, 1.165) is 11.6 Å². The molecule has 27 heavy (non-hydrogen) atoms. The first-order chi connectivity index (χ1) is 11.6. The van der Waals surface area contributed by atoms with Gasteiger partial charge in [0.1, 0.15) is 0 Å². The Morgan fingerprint density at radius 1 is 1.07 bits per heavy atom. The third kappa shape index (κ3) is 7.51. The molecule has 0 aromatic heterocycles. The molecule has 0 aliphatic carbocycles. The zero-order valence-electron chi connectivity index (χ0n) is 14.6. The fraction of sp³-hybridized carbons (Fsp3) is 0.188. The van der Waals surface area contributed by atoms with E-state index in [9.17, 15) is 23.1 Å². The molecule has 0 radical (unpaired) electrons. The van der Waals surface area contributed by atoms with Crippen LogP contribution in [0, 0.1) is 11.3 Å². The Balaban J connectivity index is 0.00000338. The number of alkyl halides is 2. The smallest absolute Gasteiger partial charge is 0.806 e. The molecule has 0 saturated carbocycles. The molecule has 0 atom stereocenters. The van der Waals surface area contributed by atoms with Gasteiger partial charge in [0.25, 0.3) is 5.66 Å². The van der Waals surface area contributed by atoms with Gasteiger partial charge in [0, 0.05) is 29.1 Å². The summed E-state index contributed by atoms with van der Waals surface area (Å²) in [4.78, 5) is 21.5. The van der Waals surface area contributed by atoms with E-state index in [2.05, 4.69) is 15.9 Å². The molecule has 4 nitrogen and oxygen atoms in total. The summed E-state index contributed by atoms with van der Waals surface area (Å²) in [7, 11) is -6.09. The second kappa shape index (κ2) is 11.8. The topological polar surface area (TPSA) is 87.0 Å². The Labute approximate surface area is 213 Å². The second-order valence-corrected chi connectivity index (χ2v) is 8.55. The number of halogens is 3. The minimum absolute atomic E-state index is 0. The molecule has 0 N–H and O–H groups in total. The van der Waals surface area contributed by atoms with Crippen molar-refractivity contribution in [1.82, 2.24) is 0 Å². The number of benzene rings is 2. The van der Waals surface area contributed by atoms with Crippen LogP contribution in [0.25, 0.3) is 0 Å². The van der Waals surface area contributed by atoms with Crippen LogP contribution in [0.15, 0.2) is 46.9 Å². The van der Waals surface area contributed by atoms with Gasteiger partial charge in [0.15, 0.2) is 0 Å². The monoisotopic (exact) mass is 491 g/mol. The fourth-order valence-corrected chi connectivity index (χ4v) is 4.27. The van der Waals surface area contributed by atoms with Gasteiger partial charge in [-0.3, -0.25) is 0 Å². The summed E-state index contributed by atoms with van der Waals surface area (Å²) in [5.74, 6) is 1.18. The minimum Gasteiger partial charge on any atom is -0.806 e. The van der Waals surface area contributed by atoms with Crippen molar-refractivity contribution in [3.05, 3.63) is 69.2 Å². The number of hydrogen-bond donors (Lipinski definition) is 0. The van der Waals surface area contributed by atoms with E-state index in [1.807, 2.05) is 18.2 Å². The van der Waals surface area contributed by atoms with Crippen molar-refractivity contribution in [3.8, 4) is 6.07 Å². The third-order valence-electron chi connectivity index (χ3n) is 3.32. The van der Waals surface area contributed by atoms with Crippen LogP contribution in [0.5, 0.6) is 0 Å². The van der Waals surface area contributed by atoms with E-state index in [1.54, 1.807) is 12.1 Å². The Hall–Kier alpha value is 0.770. The molecule has 132 valence electrons. The number of nitriles is 1. The van der Waals surface area contributed by atoms with E-state index in [-0.39, 0.29) is 63.6 Å². The number of nitrogens with zero attached hydrogens (tertiary/aromatic N) is 1. The average Bonchev–Trinajstić information content (AvgIpc) is 2.54. The Morgan fingerprint density at radius 2 is 1.59 bits per heavy atom. The van der Waals surface area contributed by atoms with Crippen molar-refractivity contribution in [2.24, 2.45) is 0 Å². The largest absolute Gasteiger partial charge is 1.00 e. The van der Waals surface area contributed by atoms with Crippen LogP contribution in [-0.2, 0) is 21.7 Å². The van der Waals surface area contributed by atoms with Crippen molar-refractivity contribution >= 4 is 35.3 Å². The summed E-state index contributed by atoms with van der Waals surface area (Å²) in [5.41, 5.74) is -3.02. The standard InChI is InChI=1S/C16H13BrF2NO3PS.2Na/c17-15-7-13(5-6-14(15)16(18,19)24(21,22)23)10-25-9-12-3-1-11(8-20)2-4-12;;/h1-7H,9-10H2,(H2,21,22,23);;/q;2*+1/p-2. The number of rotatable bonds is 6. The van der Waals surface area contributed by atoms with Gasteiger partial charge in [-0.25, -0.2) is 0 Å². The molecular weight excluding hydrogens is 481 g/mol. The Morgan fingerprint density at radius 3 is 2.07 bits per heavy atom. The molecule has 0 amide bonds. The summed E-state index contributed by atoms with van der Waals surface area (Å²) in [6.07, 6.45) is 0. The maximum atomic E-state index is 13.6. The molecule has 2 aromatic carbocycles. The van der Waals surface area contributed by atoms with Gasteiger partial charge in [0.2, 0.25) is 0 Å². The van der Waals surface area contributed by atoms with Crippen molar-refractivity contribution < 1.29 is 82.2 Å². The number of hydrogen-bond acceptors (Lipinski definition) is 5. The molecule has 2 rings (SSSR count). The predicted molar refractivity (Wildman–Crippen MR) is 91.8 cm³/mol. The summed E-state index contributed by atoms with van der Waals surface area (Å²) in [6, 6.07) is 12.8. The van der Waals surface area contributed by atoms with Gasteiger partial charge in [0.05, 0.1) is 11.6 Å². The van der Waals surface area contributed by atoms with Crippen molar-refractivity contribution in [1.29, 1.82) is 5.26 Å². The summed E-state index contributed by atoms with van der Waals surface area (Å²) in [6.45, 7) is 0. The first-order valence-corrected chi connectivity index (χ1v) is 10.4. The predicted octanol–water partition coefficient (Wildman–Crippen LogP) is -2.27. The first kappa shape index (κ1) is 27.8. The van der Waals surface area contributed by atoms with E-state index >= 15 is 0 Å². The van der Waals surface area contributed by atoms with E-state index < -0.39 is 18.8 Å². The molecule has 2 aromatic rings. The molecule has 0 unspecified atom stereocenters. The van der Waals surface area contributed by atoms with Crippen molar-refractivity contribution in [3.63, 3.8) is 0 Å². The molecule has 0 bridgehead atoms. The van der Waals surface area contributed by atoms with Gasteiger partial charge >= 0.3 is 59.1 Å². The fourth-order valence-electron chi connectivity index (χ4n) is 2.00. The van der Waals surface area contributed by atoms with Crippen LogP contribution < -0.4 is 68.9 Å². The average molecular weight is 492 g/mol. The van der Waals surface area contributed by atoms with Crippen LogP contribution >= 0.6 is 35.3 Å². The van der Waals surface area contributed by atoms with Crippen LogP contribution in [0.3, 0.4) is 0 Å². The Bertz CT molecular complexity index is 860. The molecule has 0 saturated heterocycles. The number of thioether (sulfide) groups is 1. The van der Waals surface area contributed by atoms with E-state index in [0.29, 0.717) is 22.6 Å². The molecule has 11 heteroatoms. The molecule has 0 aliphatic rings. The SMILES string of the molecule is N#Cc1ccc(CSCc2ccc(C(F)(F)P(=O)([O-])[O-])c(Br)c2)cc1.[Na+].[Na+]. The zero-order chi connectivity index (χ0) is 18.7. The maximum absolute atomic E-state index is 13.6. The molecule has 0 heterocycles. The van der Waals surface area contributed by atoms with Gasteiger partial charge < -0.3 is 14.4 Å². The minimum atomic E-state index is -6.09. The normalized spacial score (nSPS) is 11.1. The third-order valence-corrected chi connectivity index (χ3v) is 5.98. The molecular formula is C16H11BrF2NNa2O3PS. The maximum Gasteiger partial charge on any atom is 1.00 e. The Kier molecular flexibility index (Phi) is 12.2. The van der Waals surface area contributed by atoms with E-state index in [4.69, 9.17) is 5.26 Å². The van der Waals surface area contributed by atoms with Crippen LogP contribution in [0.2, 0.25) is 0 Å². The first-order valence-electron chi connectivity index (χ1n) is 6.91. The van der Waals surface area contributed by atoms with E-state index in [1.165, 1.54) is 23.9 Å². The second-order valence-electron chi connectivity index (χ2n) is 5.15. The molecule has 0 aliphatic heterocycles. The quantitative estimate of drug-likeness (QED) is 0.336. The molecule has 0 spiro atoms. The zero-order valence-corrected chi connectivity index (χ0v) is 21.9. The molecule has 0 fully saturated rings. The van der Waals surface area contributed by atoms with Crippen LogP contribution in [-0.4, -0.2) is 0 Å². The van der Waals surface area contributed by atoms with Gasteiger partial charge in [-0.05, 0) is 29.3 Å². The van der Waals surface area contributed by atoms with Gasteiger partial charge in [-0.2, -0.15) is 25.8 Å². The van der Waals surface area contributed by atoms with Crippen LogP contribution in [0.1, 0.15) is 22.3 Å². The van der Waals surface area contributed by atoms with Crippen LogP contribution in [0.4, 0.5) is 8.78 Å².